The number of aromatic nitrogens is 1. The van der Waals surface area contributed by atoms with Crippen LogP contribution in [0.15, 0.2) is 108 Å². The average molecular weight is 947 g/mol. The number of hydrogen-bond acceptors (Lipinski definition) is 3. The predicted molar refractivity (Wildman–Crippen MR) is 308 cm³/mol. The van der Waals surface area contributed by atoms with Gasteiger partial charge in [0.2, 0.25) is 0 Å². The van der Waals surface area contributed by atoms with Crippen molar-refractivity contribution in [3.63, 3.8) is 0 Å². The lowest BCUT2D eigenvalue weighted by molar-refractivity contribution is 0.332. The minimum absolute atomic E-state index is 0.0266. The number of para-hydroxylation sites is 1. The van der Waals surface area contributed by atoms with Gasteiger partial charge in [0.1, 0.15) is 11.2 Å². The minimum atomic E-state index is -0.115. The first-order valence-electron chi connectivity index (χ1n) is 26.5. The molecule has 3 nitrogen and oxygen atoms in total. The maximum Gasteiger partial charge on any atom is 0.333 e. The number of rotatable bonds is 1. The number of hydrogen-bond donors (Lipinski definition) is 0. The molecule has 10 aromatic rings. The van der Waals surface area contributed by atoms with Crippen LogP contribution in [0, 0.1) is 0 Å². The van der Waals surface area contributed by atoms with Crippen LogP contribution < -0.4 is 15.7 Å². The van der Waals surface area contributed by atoms with E-state index in [0.29, 0.717) is 0 Å². The standard InChI is InChI=1S/C66H67BN2OS/c1-61(2,3)36-19-22-38(23-20-36)69-51-35-54-40(41-31-44-47(34-53(41)71-54)66(13,14)28-26-63(44,7)8)30-42(51)55-56-39-17-15-16-18-52(39)70-60(56)57-43-32-45-46(65(11,12)27-25-64(45,9)10)33-50(43)68-49-24-21-37(62(4,5)6)29-48(49)67(69)58(55)59(57)68/h15-24,29-35H,25-28H2,1-14H3. The van der Waals surface area contributed by atoms with Gasteiger partial charge in [-0.2, -0.15) is 0 Å². The number of nitrogens with zero attached hydrogens (tertiary/aromatic N) is 2. The van der Waals surface area contributed by atoms with Crippen LogP contribution in [0.5, 0.6) is 0 Å². The summed E-state index contributed by atoms with van der Waals surface area (Å²) in [5, 5.41) is 7.70. The maximum absolute atomic E-state index is 7.40. The second-order valence-corrected chi connectivity index (χ2v) is 28.1. The Morgan fingerprint density at radius 2 is 1.10 bits per heavy atom. The molecule has 0 saturated carbocycles. The fourth-order valence-electron chi connectivity index (χ4n) is 14.0. The first-order chi connectivity index (χ1) is 33.4. The molecule has 0 saturated heterocycles. The summed E-state index contributed by atoms with van der Waals surface area (Å²) in [6.45, 7) is 33.7. The van der Waals surface area contributed by atoms with E-state index in [-0.39, 0.29) is 39.3 Å². The Kier molecular flexibility index (Phi) is 8.44. The van der Waals surface area contributed by atoms with E-state index in [1.165, 1.54) is 145 Å². The van der Waals surface area contributed by atoms with Gasteiger partial charge in [-0.25, -0.2) is 0 Å². The van der Waals surface area contributed by atoms with Crippen molar-refractivity contribution in [3.8, 4) is 16.8 Å². The van der Waals surface area contributed by atoms with E-state index in [2.05, 4.69) is 209 Å². The van der Waals surface area contributed by atoms with Gasteiger partial charge in [-0.15, -0.1) is 11.3 Å². The highest BCUT2D eigenvalue weighted by atomic mass is 32.1. The Morgan fingerprint density at radius 3 is 1.75 bits per heavy atom. The molecule has 2 aliphatic carbocycles. The monoisotopic (exact) mass is 947 g/mol. The van der Waals surface area contributed by atoms with Crippen LogP contribution in [0.1, 0.15) is 156 Å². The number of fused-ring (bicyclic) bond motifs is 18. The van der Waals surface area contributed by atoms with Crippen LogP contribution in [-0.4, -0.2) is 11.4 Å². The minimum Gasteiger partial charge on any atom is -0.455 e. The maximum atomic E-state index is 7.40. The van der Waals surface area contributed by atoms with Crippen molar-refractivity contribution in [1.82, 2.24) is 4.57 Å². The first-order valence-corrected chi connectivity index (χ1v) is 27.4. The summed E-state index contributed by atoms with van der Waals surface area (Å²) < 4.78 is 12.8. The lowest BCUT2D eigenvalue weighted by Gasteiger charge is -2.43. The molecule has 14 rings (SSSR count). The molecule has 5 heterocycles. The van der Waals surface area contributed by atoms with Crippen LogP contribution in [0.2, 0.25) is 0 Å². The molecule has 2 aliphatic heterocycles. The van der Waals surface area contributed by atoms with Crippen molar-refractivity contribution in [2.24, 2.45) is 0 Å². The zero-order chi connectivity index (χ0) is 49.4. The number of anilines is 2. The number of benzene rings is 7. The molecule has 0 spiro atoms. The molecule has 71 heavy (non-hydrogen) atoms. The van der Waals surface area contributed by atoms with E-state index in [0.717, 1.165) is 17.6 Å². The Bertz CT molecular complexity index is 4020. The Morgan fingerprint density at radius 1 is 0.535 bits per heavy atom. The third kappa shape index (κ3) is 5.85. The van der Waals surface area contributed by atoms with Crippen LogP contribution in [0.4, 0.5) is 11.4 Å². The fraction of sp³-hybridized carbons (Fsp3) is 0.364. The van der Waals surface area contributed by atoms with Gasteiger partial charge in [-0.3, -0.25) is 0 Å². The van der Waals surface area contributed by atoms with Gasteiger partial charge in [0, 0.05) is 59.0 Å². The van der Waals surface area contributed by atoms with E-state index in [1.54, 1.807) is 0 Å². The number of furan rings is 1. The zero-order valence-corrected chi connectivity index (χ0v) is 45.2. The topological polar surface area (TPSA) is 21.3 Å². The van der Waals surface area contributed by atoms with Crippen LogP contribution in [0.25, 0.3) is 80.7 Å². The Hall–Kier alpha value is -5.78. The summed E-state index contributed by atoms with van der Waals surface area (Å²) in [7, 11) is 0. The molecule has 5 heteroatoms. The van der Waals surface area contributed by atoms with Crippen molar-refractivity contribution < 1.29 is 4.42 Å². The molecule has 0 N–H and O–H groups in total. The first kappa shape index (κ1) is 44.0. The fourth-order valence-corrected chi connectivity index (χ4v) is 15.2. The Balaban J connectivity index is 1.21. The summed E-state index contributed by atoms with van der Waals surface area (Å²) in [4.78, 5) is 2.75. The van der Waals surface area contributed by atoms with Crippen molar-refractivity contribution in [2.75, 3.05) is 4.81 Å². The van der Waals surface area contributed by atoms with Crippen molar-refractivity contribution in [3.05, 3.63) is 137 Å². The van der Waals surface area contributed by atoms with E-state index in [1.807, 2.05) is 11.3 Å². The van der Waals surface area contributed by atoms with Crippen LogP contribution >= 0.6 is 11.3 Å². The molecule has 0 unspecified atom stereocenters. The van der Waals surface area contributed by atoms with Crippen molar-refractivity contribution in [1.29, 1.82) is 0 Å². The van der Waals surface area contributed by atoms with Crippen LogP contribution in [0.3, 0.4) is 0 Å². The van der Waals surface area contributed by atoms with Gasteiger partial charge in [0.15, 0.2) is 0 Å². The third-order valence-corrected chi connectivity index (χ3v) is 19.7. The second-order valence-electron chi connectivity index (χ2n) is 27.1. The van der Waals surface area contributed by atoms with Crippen LogP contribution in [-0.2, 0) is 32.5 Å². The summed E-state index contributed by atoms with van der Waals surface area (Å²) in [5.41, 5.74) is 22.6. The summed E-state index contributed by atoms with van der Waals surface area (Å²) in [6.07, 6.45) is 4.73. The summed E-state index contributed by atoms with van der Waals surface area (Å²) in [6, 6.07) is 41.5. The highest BCUT2D eigenvalue weighted by Crippen LogP contribution is 2.56. The lowest BCUT2D eigenvalue weighted by atomic mass is 9.43. The van der Waals surface area contributed by atoms with Crippen molar-refractivity contribution in [2.45, 2.75) is 155 Å². The van der Waals surface area contributed by atoms with Gasteiger partial charge < -0.3 is 13.8 Å². The second kappa shape index (κ2) is 13.6. The largest absolute Gasteiger partial charge is 0.455 e. The van der Waals surface area contributed by atoms with Gasteiger partial charge in [-0.1, -0.05) is 139 Å². The van der Waals surface area contributed by atoms with Gasteiger partial charge in [0.25, 0.3) is 0 Å². The van der Waals surface area contributed by atoms with Gasteiger partial charge in [0.05, 0.1) is 16.4 Å². The average Bonchev–Trinajstić information content (AvgIpc) is 3.99. The highest BCUT2D eigenvalue weighted by molar-refractivity contribution is 7.26. The molecule has 3 aromatic heterocycles. The molecule has 0 atom stereocenters. The molecule has 0 radical (unpaired) electrons. The highest BCUT2D eigenvalue weighted by Gasteiger charge is 2.48. The lowest BCUT2D eigenvalue weighted by Crippen LogP contribution is -2.60. The molecule has 4 aliphatic rings. The van der Waals surface area contributed by atoms with Crippen molar-refractivity contribution >= 4 is 104 Å². The zero-order valence-electron chi connectivity index (χ0n) is 44.4. The third-order valence-electron chi connectivity index (χ3n) is 18.6. The molecule has 0 bridgehead atoms. The van der Waals surface area contributed by atoms with E-state index < -0.39 is 0 Å². The normalized spacial score (nSPS) is 18.5. The molecular formula is C66H67BN2OS. The molecule has 0 amide bonds. The SMILES string of the molecule is CC(C)(C)c1ccc(N2B3c4cc(C(C)(C)C)ccc4-n4c5cc6c(cc5c5c7oc8ccccc8c7c(c3c54)-c3cc4c(cc32)sc2cc3c(cc24)C(C)(C)CCC3(C)C)C(C)(C)CCC6(C)C)cc1. The summed E-state index contributed by atoms with van der Waals surface area (Å²) >= 11 is 1.98. The van der Waals surface area contributed by atoms with Gasteiger partial charge in [-0.05, 0) is 169 Å². The molecule has 7 aromatic carbocycles. The quantitative estimate of drug-likeness (QED) is 0.153. The molecular weight excluding hydrogens is 880 g/mol. The molecule has 0 fully saturated rings. The predicted octanol–water partition coefficient (Wildman–Crippen LogP) is 17.6. The Labute approximate surface area is 424 Å². The van der Waals surface area contributed by atoms with E-state index >= 15 is 0 Å². The number of thiophene rings is 1. The van der Waals surface area contributed by atoms with Gasteiger partial charge >= 0.3 is 6.85 Å². The smallest absolute Gasteiger partial charge is 0.333 e. The van der Waals surface area contributed by atoms with E-state index in [9.17, 15) is 0 Å². The van der Waals surface area contributed by atoms with E-state index in [4.69, 9.17) is 4.42 Å². The molecule has 356 valence electrons. The summed E-state index contributed by atoms with van der Waals surface area (Å²) in [5.74, 6) is 0.